The molecule has 3 fully saturated rings. The average molecular weight is 535 g/mol. The molecule has 6 rings (SSSR count). The van der Waals surface area contributed by atoms with Gasteiger partial charge in [0.1, 0.15) is 6.23 Å². The third-order valence-electron chi connectivity index (χ3n) is 8.05. The first-order valence-corrected chi connectivity index (χ1v) is 14.3. The number of carboxylic acid groups (broad SMARTS) is 1. The number of benzene rings is 1. The number of nitrogens with zero attached hydrogens (tertiary/aromatic N) is 6. The van der Waals surface area contributed by atoms with Crippen molar-refractivity contribution in [2.75, 3.05) is 54.9 Å². The van der Waals surface area contributed by atoms with Crippen molar-refractivity contribution in [1.29, 1.82) is 0 Å². The monoisotopic (exact) mass is 534 g/mol. The minimum atomic E-state index is -0.773. The molecule has 3 N–H and O–H groups in total. The number of carbonyl (C=O) groups is 1. The number of aromatic nitrogens is 4. The first kappa shape index (κ1) is 25.8. The molecule has 3 aromatic rings. The van der Waals surface area contributed by atoms with Crippen LogP contribution < -0.4 is 15.5 Å². The van der Waals surface area contributed by atoms with Crippen molar-refractivity contribution in [2.45, 2.75) is 63.6 Å². The maximum absolute atomic E-state index is 11.0. The Morgan fingerprint density at radius 2 is 1.74 bits per heavy atom. The lowest BCUT2D eigenvalue weighted by atomic mass is 9.95. The zero-order chi connectivity index (χ0) is 26.6. The molecule has 1 saturated carbocycles. The molecule has 4 heterocycles. The summed E-state index contributed by atoms with van der Waals surface area (Å²) in [6, 6.07) is 8.67. The summed E-state index contributed by atoms with van der Waals surface area (Å²) in [7, 11) is 0. The molecule has 1 unspecified atom stereocenters. The summed E-state index contributed by atoms with van der Waals surface area (Å²) in [6.07, 6.45) is 11.0. The Hall–Kier alpha value is -3.44. The standard InChI is InChI=1S/C28H38N8O3/c37-24(38)18-34-13-15-35(16-14-34)22-11-9-21(10-12-22)31-28-32-26(30-20-6-2-1-3-7-20)25-27(33-28)36(19-29-25)23-8-4-5-17-39-23/h9-12,19-20,23H,1-8,13-18H2,(H,37,38)(H2,30,31,32,33). The molecule has 1 aromatic carbocycles. The predicted molar refractivity (Wildman–Crippen MR) is 151 cm³/mol. The van der Waals surface area contributed by atoms with Gasteiger partial charge in [-0.15, -0.1) is 0 Å². The van der Waals surface area contributed by atoms with Gasteiger partial charge >= 0.3 is 5.97 Å². The Bertz CT molecular complexity index is 1260. The lowest BCUT2D eigenvalue weighted by Gasteiger charge is -2.35. The predicted octanol–water partition coefficient (Wildman–Crippen LogP) is 4.22. The van der Waals surface area contributed by atoms with Crippen LogP contribution in [0.2, 0.25) is 0 Å². The van der Waals surface area contributed by atoms with Crippen LogP contribution in [-0.2, 0) is 9.53 Å². The van der Waals surface area contributed by atoms with Gasteiger partial charge in [0.2, 0.25) is 5.95 Å². The number of hydrogen-bond acceptors (Lipinski definition) is 9. The second kappa shape index (κ2) is 11.7. The molecule has 1 atom stereocenters. The molecule has 11 heteroatoms. The highest BCUT2D eigenvalue weighted by atomic mass is 16.5. The fourth-order valence-corrected chi connectivity index (χ4v) is 5.91. The van der Waals surface area contributed by atoms with Crippen LogP contribution in [0.3, 0.4) is 0 Å². The number of anilines is 4. The van der Waals surface area contributed by atoms with Crippen LogP contribution in [0.5, 0.6) is 0 Å². The number of piperazine rings is 1. The van der Waals surface area contributed by atoms with E-state index in [1.54, 1.807) is 0 Å². The third kappa shape index (κ3) is 6.09. The Labute approximate surface area is 228 Å². The average Bonchev–Trinajstić information content (AvgIpc) is 3.39. The van der Waals surface area contributed by atoms with Crippen molar-refractivity contribution in [1.82, 2.24) is 24.4 Å². The summed E-state index contributed by atoms with van der Waals surface area (Å²) in [6.45, 7) is 3.97. The number of aliphatic carboxylic acids is 1. The highest BCUT2D eigenvalue weighted by Crippen LogP contribution is 2.31. The molecular formula is C28H38N8O3. The zero-order valence-corrected chi connectivity index (χ0v) is 22.4. The van der Waals surface area contributed by atoms with Gasteiger partial charge in [-0.2, -0.15) is 9.97 Å². The first-order chi connectivity index (χ1) is 19.1. The number of rotatable bonds is 8. The van der Waals surface area contributed by atoms with Gasteiger partial charge < -0.3 is 25.4 Å². The molecule has 39 heavy (non-hydrogen) atoms. The maximum atomic E-state index is 11.0. The van der Waals surface area contributed by atoms with Gasteiger partial charge in [-0.05, 0) is 56.4 Å². The van der Waals surface area contributed by atoms with Crippen LogP contribution in [0, 0.1) is 0 Å². The molecule has 2 saturated heterocycles. The largest absolute Gasteiger partial charge is 0.480 e. The van der Waals surface area contributed by atoms with E-state index in [2.05, 4.69) is 32.2 Å². The summed E-state index contributed by atoms with van der Waals surface area (Å²) in [5.74, 6) is 0.541. The Kier molecular flexibility index (Phi) is 7.78. The van der Waals surface area contributed by atoms with Crippen LogP contribution in [0.15, 0.2) is 30.6 Å². The van der Waals surface area contributed by atoms with Gasteiger partial charge in [0.15, 0.2) is 17.0 Å². The topological polar surface area (TPSA) is 121 Å². The molecule has 208 valence electrons. The maximum Gasteiger partial charge on any atom is 0.317 e. The second-order valence-corrected chi connectivity index (χ2v) is 10.8. The van der Waals surface area contributed by atoms with Crippen molar-refractivity contribution in [3.05, 3.63) is 30.6 Å². The molecule has 0 amide bonds. The number of fused-ring (bicyclic) bond motifs is 1. The number of imidazole rings is 1. The summed E-state index contributed by atoms with van der Waals surface area (Å²) in [4.78, 5) is 29.8. The van der Waals surface area contributed by atoms with Crippen LogP contribution in [-0.4, -0.2) is 80.9 Å². The van der Waals surface area contributed by atoms with Crippen molar-refractivity contribution in [3.63, 3.8) is 0 Å². The van der Waals surface area contributed by atoms with Gasteiger partial charge in [0.05, 0.1) is 12.9 Å². The SMILES string of the molecule is O=C(O)CN1CCN(c2ccc(Nc3nc(NC4CCCCC4)c4ncn(C5CCCCO5)c4n3)cc2)CC1. The summed E-state index contributed by atoms with van der Waals surface area (Å²) >= 11 is 0. The molecular weight excluding hydrogens is 496 g/mol. The van der Waals surface area contributed by atoms with E-state index in [4.69, 9.17) is 24.8 Å². The molecule has 0 bridgehead atoms. The Morgan fingerprint density at radius 3 is 2.46 bits per heavy atom. The number of nitrogens with one attached hydrogen (secondary N) is 2. The number of carboxylic acids is 1. The molecule has 1 aliphatic carbocycles. The molecule has 0 spiro atoms. The van der Waals surface area contributed by atoms with Gasteiger partial charge in [-0.25, -0.2) is 4.98 Å². The van der Waals surface area contributed by atoms with E-state index in [-0.39, 0.29) is 12.8 Å². The number of hydrogen-bond donors (Lipinski definition) is 3. The zero-order valence-electron chi connectivity index (χ0n) is 22.4. The van der Waals surface area contributed by atoms with Gasteiger partial charge in [-0.1, -0.05) is 19.3 Å². The fourth-order valence-electron chi connectivity index (χ4n) is 5.91. The fraction of sp³-hybridized carbons (Fsp3) is 0.571. The Balaban J connectivity index is 1.21. The van der Waals surface area contributed by atoms with Crippen LogP contribution in [0.4, 0.5) is 23.1 Å². The normalized spacial score (nSPS) is 21.2. The minimum Gasteiger partial charge on any atom is -0.480 e. The van der Waals surface area contributed by atoms with E-state index < -0.39 is 5.97 Å². The van der Waals surface area contributed by atoms with Crippen molar-refractivity contribution >= 4 is 40.3 Å². The summed E-state index contributed by atoms with van der Waals surface area (Å²) in [5, 5.41) is 16.1. The first-order valence-electron chi connectivity index (χ1n) is 14.3. The van der Waals surface area contributed by atoms with E-state index in [0.717, 1.165) is 93.2 Å². The Morgan fingerprint density at radius 1 is 0.974 bits per heavy atom. The van der Waals surface area contributed by atoms with E-state index in [1.807, 2.05) is 23.4 Å². The molecule has 11 nitrogen and oxygen atoms in total. The van der Waals surface area contributed by atoms with Crippen LogP contribution >= 0.6 is 0 Å². The quantitative estimate of drug-likeness (QED) is 0.387. The van der Waals surface area contributed by atoms with Crippen LogP contribution in [0.1, 0.15) is 57.6 Å². The molecule has 2 aromatic heterocycles. The van der Waals surface area contributed by atoms with Gasteiger partial charge in [-0.3, -0.25) is 14.3 Å². The van der Waals surface area contributed by atoms with E-state index in [0.29, 0.717) is 12.0 Å². The minimum absolute atomic E-state index is 0.0516. The lowest BCUT2D eigenvalue weighted by molar-refractivity contribution is -0.138. The smallest absolute Gasteiger partial charge is 0.317 e. The van der Waals surface area contributed by atoms with E-state index >= 15 is 0 Å². The molecule has 0 radical (unpaired) electrons. The highest BCUT2D eigenvalue weighted by Gasteiger charge is 2.23. The van der Waals surface area contributed by atoms with Crippen LogP contribution in [0.25, 0.3) is 11.2 Å². The summed E-state index contributed by atoms with van der Waals surface area (Å²) in [5.41, 5.74) is 3.61. The van der Waals surface area contributed by atoms with Crippen molar-refractivity contribution in [3.8, 4) is 0 Å². The lowest BCUT2D eigenvalue weighted by Crippen LogP contribution is -2.47. The highest BCUT2D eigenvalue weighted by molar-refractivity contribution is 5.85. The van der Waals surface area contributed by atoms with Crippen molar-refractivity contribution < 1.29 is 14.6 Å². The third-order valence-corrected chi connectivity index (χ3v) is 8.05. The van der Waals surface area contributed by atoms with Crippen molar-refractivity contribution in [2.24, 2.45) is 0 Å². The van der Waals surface area contributed by atoms with Gasteiger partial charge in [0, 0.05) is 50.2 Å². The van der Waals surface area contributed by atoms with E-state index in [1.165, 1.54) is 19.3 Å². The second-order valence-electron chi connectivity index (χ2n) is 10.8. The molecule has 2 aliphatic heterocycles. The summed E-state index contributed by atoms with van der Waals surface area (Å²) < 4.78 is 8.12. The van der Waals surface area contributed by atoms with E-state index in [9.17, 15) is 4.79 Å². The van der Waals surface area contributed by atoms with Gasteiger partial charge in [0.25, 0.3) is 0 Å². The number of ether oxygens (including phenoxy) is 1. The molecule has 3 aliphatic rings.